The van der Waals surface area contributed by atoms with Gasteiger partial charge in [0.15, 0.2) is 5.75 Å². The van der Waals surface area contributed by atoms with Crippen molar-refractivity contribution in [1.29, 1.82) is 0 Å². The lowest BCUT2D eigenvalue weighted by Crippen LogP contribution is -2.23. The van der Waals surface area contributed by atoms with Gasteiger partial charge in [0.25, 0.3) is 0 Å². The summed E-state index contributed by atoms with van der Waals surface area (Å²) < 4.78 is 5.90. The fraction of sp³-hybridized carbons (Fsp3) is 0.500. The van der Waals surface area contributed by atoms with Gasteiger partial charge in [-0.3, -0.25) is 0 Å². The van der Waals surface area contributed by atoms with E-state index in [2.05, 4.69) is 6.92 Å². The minimum absolute atomic E-state index is 0.251. The average molecular weight is 238 g/mol. The zero-order valence-corrected chi connectivity index (χ0v) is 10.8. The second kappa shape index (κ2) is 4.09. The Morgan fingerprint density at radius 1 is 1.25 bits per heavy atom. The molecule has 0 saturated heterocycles. The van der Waals surface area contributed by atoms with Crippen LogP contribution < -0.4 is 16.2 Å². The lowest BCUT2D eigenvalue weighted by atomic mass is 10.0. The number of nitrogens with two attached hydrogens (primary N) is 2. The maximum atomic E-state index is 6.10. The maximum absolute atomic E-state index is 6.10. The van der Waals surface area contributed by atoms with Gasteiger partial charge in [-0.25, -0.2) is 0 Å². The van der Waals surface area contributed by atoms with Gasteiger partial charge in [-0.05, 0) is 31.4 Å². The van der Waals surface area contributed by atoms with Crippen LogP contribution in [0.2, 0.25) is 0 Å². The molecular weight excluding hydrogens is 220 g/mol. The van der Waals surface area contributed by atoms with E-state index in [0.717, 1.165) is 45.3 Å². The molecule has 16 heavy (non-hydrogen) atoms. The molecule has 0 aromatic heterocycles. The van der Waals surface area contributed by atoms with Crippen molar-refractivity contribution in [1.82, 2.24) is 0 Å². The topological polar surface area (TPSA) is 61.3 Å². The Bertz CT molecular complexity index is 432. The molecule has 0 saturated carbocycles. The molecule has 0 amide bonds. The Labute approximate surface area is 101 Å². The van der Waals surface area contributed by atoms with Crippen LogP contribution in [0, 0.1) is 13.8 Å². The van der Waals surface area contributed by atoms with Crippen molar-refractivity contribution < 1.29 is 4.74 Å². The normalized spacial score (nSPS) is 19.1. The zero-order valence-electron chi connectivity index (χ0n) is 9.96. The van der Waals surface area contributed by atoms with E-state index < -0.39 is 0 Å². The van der Waals surface area contributed by atoms with Crippen LogP contribution in [0.15, 0.2) is 4.90 Å². The molecule has 3 nitrogen and oxygen atoms in total. The van der Waals surface area contributed by atoms with Gasteiger partial charge in [0.2, 0.25) is 0 Å². The van der Waals surface area contributed by atoms with Gasteiger partial charge < -0.3 is 16.2 Å². The number of anilines is 2. The van der Waals surface area contributed by atoms with E-state index in [9.17, 15) is 0 Å². The highest BCUT2D eigenvalue weighted by atomic mass is 32.2. The largest absolute Gasteiger partial charge is 0.486 e. The summed E-state index contributed by atoms with van der Waals surface area (Å²) in [7, 11) is 0. The Balaban J connectivity index is 2.56. The summed E-state index contributed by atoms with van der Waals surface area (Å²) in [4.78, 5) is 1.02. The van der Waals surface area contributed by atoms with E-state index in [-0.39, 0.29) is 6.10 Å². The van der Waals surface area contributed by atoms with Gasteiger partial charge in [-0.15, -0.1) is 11.8 Å². The standard InChI is InChI=1S/C12H18N2OS/c1-4-8-5-16-12-10(14)7(3)6(2)9(13)11(12)15-8/h8H,4-5,13-14H2,1-3H3. The summed E-state index contributed by atoms with van der Waals surface area (Å²) in [5.74, 6) is 1.75. The molecule has 1 aromatic rings. The van der Waals surface area contributed by atoms with Crippen molar-refractivity contribution in [2.45, 2.75) is 38.2 Å². The number of fused-ring (bicyclic) bond motifs is 1. The molecule has 0 aliphatic carbocycles. The summed E-state index contributed by atoms with van der Waals surface area (Å²) in [5, 5.41) is 0. The van der Waals surface area contributed by atoms with Crippen molar-refractivity contribution in [3.8, 4) is 5.75 Å². The third-order valence-corrected chi connectivity index (χ3v) is 4.45. The number of benzene rings is 1. The highest BCUT2D eigenvalue weighted by Gasteiger charge is 2.25. The highest BCUT2D eigenvalue weighted by Crippen LogP contribution is 2.47. The van der Waals surface area contributed by atoms with Crippen LogP contribution in [0.3, 0.4) is 0 Å². The predicted octanol–water partition coefficient (Wildman–Crippen LogP) is 2.73. The summed E-state index contributed by atoms with van der Waals surface area (Å²) in [6.45, 7) is 6.12. The summed E-state index contributed by atoms with van der Waals surface area (Å²) in [5.41, 5.74) is 15.9. The van der Waals surface area contributed by atoms with E-state index in [0.29, 0.717) is 0 Å². The Hall–Kier alpha value is -1.03. The number of ether oxygens (including phenoxy) is 1. The van der Waals surface area contributed by atoms with Crippen LogP contribution in [0.1, 0.15) is 24.5 Å². The molecule has 1 unspecified atom stereocenters. The summed E-state index contributed by atoms with van der Waals surface area (Å²) in [6.07, 6.45) is 1.25. The molecule has 0 fully saturated rings. The number of hydrogen-bond acceptors (Lipinski definition) is 4. The third kappa shape index (κ3) is 1.61. The summed E-state index contributed by atoms with van der Waals surface area (Å²) in [6, 6.07) is 0. The SMILES string of the molecule is CCC1CSc2c(N)c(C)c(C)c(N)c2O1. The molecule has 0 radical (unpaired) electrons. The minimum atomic E-state index is 0.251. The first-order valence-electron chi connectivity index (χ1n) is 5.53. The first-order chi connectivity index (χ1) is 7.56. The fourth-order valence-corrected chi connectivity index (χ4v) is 3.08. The van der Waals surface area contributed by atoms with Crippen molar-refractivity contribution >= 4 is 23.1 Å². The van der Waals surface area contributed by atoms with E-state index in [1.807, 2.05) is 13.8 Å². The quantitative estimate of drug-likeness (QED) is 0.738. The molecule has 88 valence electrons. The van der Waals surface area contributed by atoms with Gasteiger partial charge in [0.1, 0.15) is 6.10 Å². The third-order valence-electron chi connectivity index (χ3n) is 3.22. The van der Waals surface area contributed by atoms with Gasteiger partial charge in [-0.2, -0.15) is 0 Å². The molecule has 1 atom stereocenters. The molecule has 1 aliphatic heterocycles. The zero-order chi connectivity index (χ0) is 11.9. The predicted molar refractivity (Wildman–Crippen MR) is 70.2 cm³/mol. The van der Waals surface area contributed by atoms with Gasteiger partial charge >= 0.3 is 0 Å². The summed E-state index contributed by atoms with van der Waals surface area (Å²) >= 11 is 1.76. The van der Waals surface area contributed by atoms with Gasteiger partial charge in [0.05, 0.1) is 16.3 Å². The average Bonchev–Trinajstić information content (AvgIpc) is 2.33. The number of rotatable bonds is 1. The second-order valence-corrected chi connectivity index (χ2v) is 5.22. The van der Waals surface area contributed by atoms with Crippen molar-refractivity contribution in [3.63, 3.8) is 0 Å². The molecule has 2 rings (SSSR count). The number of nitrogen functional groups attached to an aromatic ring is 2. The fourth-order valence-electron chi connectivity index (χ4n) is 1.83. The second-order valence-electron chi connectivity index (χ2n) is 4.19. The van der Waals surface area contributed by atoms with Crippen LogP contribution in [0.5, 0.6) is 5.75 Å². The lowest BCUT2D eigenvalue weighted by molar-refractivity contribution is 0.213. The first kappa shape index (κ1) is 11.5. The molecule has 1 heterocycles. The van der Waals surface area contributed by atoms with Gasteiger partial charge in [-0.1, -0.05) is 6.92 Å². The van der Waals surface area contributed by atoms with E-state index in [1.165, 1.54) is 0 Å². The molecule has 0 bridgehead atoms. The molecule has 1 aromatic carbocycles. The van der Waals surface area contributed by atoms with Gasteiger partial charge in [0, 0.05) is 5.75 Å². The first-order valence-corrected chi connectivity index (χ1v) is 6.52. The Morgan fingerprint density at radius 2 is 1.88 bits per heavy atom. The van der Waals surface area contributed by atoms with Crippen LogP contribution in [0.4, 0.5) is 11.4 Å². The molecule has 4 N–H and O–H groups in total. The van der Waals surface area contributed by atoms with Crippen molar-refractivity contribution in [2.75, 3.05) is 17.2 Å². The monoisotopic (exact) mass is 238 g/mol. The molecule has 1 aliphatic rings. The van der Waals surface area contributed by atoms with Crippen molar-refractivity contribution in [2.24, 2.45) is 0 Å². The van der Waals surface area contributed by atoms with Crippen LogP contribution in [-0.2, 0) is 0 Å². The van der Waals surface area contributed by atoms with E-state index in [1.54, 1.807) is 11.8 Å². The Morgan fingerprint density at radius 3 is 2.50 bits per heavy atom. The van der Waals surface area contributed by atoms with Crippen LogP contribution in [0.25, 0.3) is 0 Å². The highest BCUT2D eigenvalue weighted by molar-refractivity contribution is 7.99. The smallest absolute Gasteiger partial charge is 0.158 e. The van der Waals surface area contributed by atoms with Crippen LogP contribution >= 0.6 is 11.8 Å². The minimum Gasteiger partial charge on any atom is -0.486 e. The molecule has 0 spiro atoms. The van der Waals surface area contributed by atoms with E-state index >= 15 is 0 Å². The number of hydrogen-bond donors (Lipinski definition) is 2. The van der Waals surface area contributed by atoms with Crippen molar-refractivity contribution in [3.05, 3.63) is 11.1 Å². The van der Waals surface area contributed by atoms with Crippen LogP contribution in [-0.4, -0.2) is 11.9 Å². The molecule has 4 heteroatoms. The van der Waals surface area contributed by atoms with E-state index in [4.69, 9.17) is 16.2 Å². The Kier molecular flexibility index (Phi) is 2.93. The molecular formula is C12H18N2OS. The maximum Gasteiger partial charge on any atom is 0.158 e. The lowest BCUT2D eigenvalue weighted by Gasteiger charge is -2.28. The number of thioether (sulfide) groups is 1.